The van der Waals surface area contributed by atoms with Crippen molar-refractivity contribution in [2.45, 2.75) is 44.8 Å². The fourth-order valence-electron chi connectivity index (χ4n) is 2.73. The standard InChI is InChI=1S/C16H25NO2/c1-16(2)12-14(9-11-19-16)17-10-8-13-6-4-5-7-15(13)18-3/h4-7,14,17H,8-12H2,1-3H3. The van der Waals surface area contributed by atoms with E-state index in [0.29, 0.717) is 6.04 Å². The van der Waals surface area contributed by atoms with Crippen LogP contribution in [0.15, 0.2) is 24.3 Å². The maximum Gasteiger partial charge on any atom is 0.122 e. The lowest BCUT2D eigenvalue weighted by Gasteiger charge is -2.36. The lowest BCUT2D eigenvalue weighted by Crippen LogP contribution is -2.44. The van der Waals surface area contributed by atoms with Gasteiger partial charge in [0.15, 0.2) is 0 Å². The molecule has 1 heterocycles. The minimum atomic E-state index is 0.0142. The molecule has 1 atom stereocenters. The van der Waals surface area contributed by atoms with Crippen molar-refractivity contribution in [3.05, 3.63) is 29.8 Å². The van der Waals surface area contributed by atoms with Crippen LogP contribution in [0.5, 0.6) is 5.75 Å². The largest absolute Gasteiger partial charge is 0.496 e. The van der Waals surface area contributed by atoms with Crippen LogP contribution in [-0.4, -0.2) is 31.9 Å². The number of hydrogen-bond donors (Lipinski definition) is 1. The molecule has 0 bridgehead atoms. The average molecular weight is 263 g/mol. The Morgan fingerprint density at radius 2 is 2.16 bits per heavy atom. The van der Waals surface area contributed by atoms with Crippen LogP contribution in [0.25, 0.3) is 0 Å². The van der Waals surface area contributed by atoms with Crippen LogP contribution in [0, 0.1) is 0 Å². The van der Waals surface area contributed by atoms with Crippen LogP contribution in [0.4, 0.5) is 0 Å². The first-order chi connectivity index (χ1) is 9.11. The summed E-state index contributed by atoms with van der Waals surface area (Å²) in [7, 11) is 1.73. The third-order valence-electron chi connectivity index (χ3n) is 3.72. The summed E-state index contributed by atoms with van der Waals surface area (Å²) in [4.78, 5) is 0. The van der Waals surface area contributed by atoms with Gasteiger partial charge in [-0.2, -0.15) is 0 Å². The first-order valence-corrected chi connectivity index (χ1v) is 7.10. The average Bonchev–Trinajstić information content (AvgIpc) is 2.38. The van der Waals surface area contributed by atoms with Crippen molar-refractivity contribution < 1.29 is 9.47 Å². The third-order valence-corrected chi connectivity index (χ3v) is 3.72. The van der Waals surface area contributed by atoms with E-state index in [4.69, 9.17) is 9.47 Å². The second kappa shape index (κ2) is 6.40. The van der Waals surface area contributed by atoms with E-state index >= 15 is 0 Å². The van der Waals surface area contributed by atoms with Crippen LogP contribution in [0.3, 0.4) is 0 Å². The van der Waals surface area contributed by atoms with Gasteiger partial charge in [0.25, 0.3) is 0 Å². The first kappa shape index (κ1) is 14.4. The van der Waals surface area contributed by atoms with E-state index in [2.05, 4.69) is 31.3 Å². The Morgan fingerprint density at radius 1 is 1.37 bits per heavy atom. The summed E-state index contributed by atoms with van der Waals surface area (Å²) in [6.07, 6.45) is 3.19. The molecule has 19 heavy (non-hydrogen) atoms. The van der Waals surface area contributed by atoms with E-state index < -0.39 is 0 Å². The molecule has 0 amide bonds. The highest BCUT2D eigenvalue weighted by Crippen LogP contribution is 2.24. The maximum atomic E-state index is 5.74. The number of hydrogen-bond acceptors (Lipinski definition) is 3. The molecule has 0 saturated carbocycles. The summed E-state index contributed by atoms with van der Waals surface area (Å²) in [6.45, 7) is 6.18. The maximum absolute atomic E-state index is 5.74. The molecule has 2 rings (SSSR count). The number of nitrogens with one attached hydrogen (secondary N) is 1. The smallest absolute Gasteiger partial charge is 0.122 e. The van der Waals surface area contributed by atoms with Crippen molar-refractivity contribution in [2.75, 3.05) is 20.3 Å². The van der Waals surface area contributed by atoms with E-state index in [1.54, 1.807) is 7.11 Å². The summed E-state index contributed by atoms with van der Waals surface area (Å²) >= 11 is 0. The van der Waals surface area contributed by atoms with E-state index in [9.17, 15) is 0 Å². The molecule has 106 valence electrons. The Kier molecular flexibility index (Phi) is 4.83. The molecule has 0 aromatic heterocycles. The highest BCUT2D eigenvalue weighted by Gasteiger charge is 2.28. The van der Waals surface area contributed by atoms with Crippen molar-refractivity contribution in [1.82, 2.24) is 5.32 Å². The van der Waals surface area contributed by atoms with Gasteiger partial charge in [-0.3, -0.25) is 0 Å². The van der Waals surface area contributed by atoms with Gasteiger partial charge in [-0.1, -0.05) is 18.2 Å². The molecule has 1 unspecified atom stereocenters. The van der Waals surface area contributed by atoms with Gasteiger partial charge in [-0.25, -0.2) is 0 Å². The Balaban J connectivity index is 1.80. The molecule has 1 fully saturated rings. The van der Waals surface area contributed by atoms with Crippen LogP contribution >= 0.6 is 0 Å². The molecule has 1 aromatic rings. The Labute approximate surface area is 116 Å². The van der Waals surface area contributed by atoms with Crippen molar-refractivity contribution in [1.29, 1.82) is 0 Å². The van der Waals surface area contributed by atoms with Gasteiger partial charge in [0, 0.05) is 12.6 Å². The summed E-state index contributed by atoms with van der Waals surface area (Å²) in [5.74, 6) is 0.983. The number of methoxy groups -OCH3 is 1. The van der Waals surface area contributed by atoms with Gasteiger partial charge in [0.1, 0.15) is 5.75 Å². The molecular formula is C16H25NO2. The van der Waals surface area contributed by atoms with Crippen LogP contribution in [0.1, 0.15) is 32.3 Å². The van der Waals surface area contributed by atoms with Gasteiger partial charge in [0.2, 0.25) is 0 Å². The lowest BCUT2D eigenvalue weighted by atomic mass is 9.94. The summed E-state index contributed by atoms with van der Waals surface area (Å²) < 4.78 is 11.1. The molecule has 1 saturated heterocycles. The minimum Gasteiger partial charge on any atom is -0.496 e. The highest BCUT2D eigenvalue weighted by molar-refractivity contribution is 5.33. The number of rotatable bonds is 5. The Morgan fingerprint density at radius 3 is 2.89 bits per heavy atom. The summed E-state index contributed by atoms with van der Waals surface area (Å²) in [5, 5.41) is 3.64. The quantitative estimate of drug-likeness (QED) is 0.886. The fraction of sp³-hybridized carbons (Fsp3) is 0.625. The van der Waals surface area contributed by atoms with Gasteiger partial charge < -0.3 is 14.8 Å². The third kappa shape index (κ3) is 4.22. The van der Waals surface area contributed by atoms with E-state index in [1.165, 1.54) is 5.56 Å². The van der Waals surface area contributed by atoms with Gasteiger partial charge in [-0.15, -0.1) is 0 Å². The zero-order valence-electron chi connectivity index (χ0n) is 12.2. The van der Waals surface area contributed by atoms with Crippen LogP contribution in [-0.2, 0) is 11.2 Å². The highest BCUT2D eigenvalue weighted by atomic mass is 16.5. The number of ether oxygens (including phenoxy) is 2. The molecule has 0 aliphatic carbocycles. The minimum absolute atomic E-state index is 0.0142. The zero-order chi connectivity index (χ0) is 13.7. The molecule has 1 aliphatic heterocycles. The molecule has 1 aliphatic rings. The zero-order valence-corrected chi connectivity index (χ0v) is 12.2. The van der Waals surface area contributed by atoms with E-state index in [-0.39, 0.29) is 5.60 Å². The normalized spacial score (nSPS) is 22.2. The van der Waals surface area contributed by atoms with Crippen LogP contribution < -0.4 is 10.1 Å². The molecule has 3 heteroatoms. The predicted octanol–water partition coefficient (Wildman–Crippen LogP) is 2.78. The summed E-state index contributed by atoms with van der Waals surface area (Å²) in [6, 6.07) is 8.80. The monoisotopic (exact) mass is 263 g/mol. The lowest BCUT2D eigenvalue weighted by molar-refractivity contribution is -0.0627. The van der Waals surface area contributed by atoms with Crippen molar-refractivity contribution in [2.24, 2.45) is 0 Å². The van der Waals surface area contributed by atoms with Crippen molar-refractivity contribution in [3.8, 4) is 5.75 Å². The molecule has 0 spiro atoms. The van der Waals surface area contributed by atoms with Gasteiger partial charge in [-0.05, 0) is 51.3 Å². The molecule has 1 N–H and O–H groups in total. The van der Waals surface area contributed by atoms with E-state index in [1.807, 2.05) is 12.1 Å². The fourth-order valence-corrected chi connectivity index (χ4v) is 2.73. The van der Waals surface area contributed by atoms with Gasteiger partial charge in [0.05, 0.1) is 12.7 Å². The molecule has 0 radical (unpaired) electrons. The van der Waals surface area contributed by atoms with Crippen molar-refractivity contribution in [3.63, 3.8) is 0 Å². The van der Waals surface area contributed by atoms with Crippen molar-refractivity contribution >= 4 is 0 Å². The summed E-state index contributed by atoms with van der Waals surface area (Å²) in [5.41, 5.74) is 1.28. The topological polar surface area (TPSA) is 30.5 Å². The molecule has 1 aromatic carbocycles. The SMILES string of the molecule is COc1ccccc1CCNC1CCOC(C)(C)C1. The van der Waals surface area contributed by atoms with Gasteiger partial charge >= 0.3 is 0 Å². The number of benzene rings is 1. The van der Waals surface area contributed by atoms with Crippen LogP contribution in [0.2, 0.25) is 0 Å². The van der Waals surface area contributed by atoms with E-state index in [0.717, 1.165) is 38.2 Å². The Bertz CT molecular complexity index is 403. The second-order valence-corrected chi connectivity index (χ2v) is 5.81. The predicted molar refractivity (Wildman–Crippen MR) is 77.8 cm³/mol. The molecular weight excluding hydrogens is 238 g/mol. The first-order valence-electron chi connectivity index (χ1n) is 7.10. The second-order valence-electron chi connectivity index (χ2n) is 5.81. The Hall–Kier alpha value is -1.06. The number of para-hydroxylation sites is 1. The molecule has 3 nitrogen and oxygen atoms in total.